The summed E-state index contributed by atoms with van der Waals surface area (Å²) in [6, 6.07) is 0. The highest BCUT2D eigenvalue weighted by Gasteiger charge is 2.29. The molecule has 2 aliphatic carbocycles. The highest BCUT2D eigenvalue weighted by molar-refractivity contribution is 5.74. The van der Waals surface area contributed by atoms with Crippen LogP contribution in [-0.4, -0.2) is 48.7 Å². The van der Waals surface area contributed by atoms with Gasteiger partial charge in [0.15, 0.2) is 11.2 Å². The summed E-state index contributed by atoms with van der Waals surface area (Å²) in [5, 5.41) is 21.6. The van der Waals surface area contributed by atoms with E-state index in [1.54, 1.807) is 16.2 Å². The molecule has 0 amide bonds. The van der Waals surface area contributed by atoms with Crippen molar-refractivity contribution >= 4 is 17.1 Å². The molecule has 154 valence electrons. The molecule has 2 aromatic heterocycles. The molecular formula is C19H29N5O4. The van der Waals surface area contributed by atoms with E-state index in [1.165, 1.54) is 4.57 Å². The largest absolute Gasteiger partial charge is 0.396 e. The first-order chi connectivity index (χ1) is 13.5. The Morgan fingerprint density at radius 3 is 2.25 bits per heavy atom. The van der Waals surface area contributed by atoms with Crippen LogP contribution in [0.2, 0.25) is 0 Å². The van der Waals surface area contributed by atoms with Gasteiger partial charge in [-0.1, -0.05) is 0 Å². The topological polar surface area (TPSA) is 114 Å². The zero-order valence-corrected chi connectivity index (χ0v) is 16.3. The Bertz CT molecular complexity index is 963. The molecule has 0 unspecified atom stereocenters. The second kappa shape index (κ2) is 7.71. The predicted octanol–water partition coefficient (Wildman–Crippen LogP) is 0.119. The minimum Gasteiger partial charge on any atom is -0.396 e. The monoisotopic (exact) mass is 391 g/mol. The number of rotatable bonds is 10. The Morgan fingerprint density at radius 1 is 1.07 bits per heavy atom. The van der Waals surface area contributed by atoms with E-state index in [9.17, 15) is 19.8 Å². The third-order valence-corrected chi connectivity index (χ3v) is 5.87. The summed E-state index contributed by atoms with van der Waals surface area (Å²) < 4.78 is 4.78. The minimum atomic E-state index is -0.273. The number of aliphatic hydroxyl groups is 2. The molecule has 3 N–H and O–H groups in total. The molecule has 2 fully saturated rings. The average molecular weight is 391 g/mol. The number of imidazole rings is 1. The maximum Gasteiger partial charge on any atom is 0.332 e. The van der Waals surface area contributed by atoms with Crippen LogP contribution in [0, 0.1) is 17.8 Å². The lowest BCUT2D eigenvalue weighted by atomic mass is 10.1. The second-order valence-corrected chi connectivity index (χ2v) is 8.31. The number of aromatic nitrogens is 4. The summed E-state index contributed by atoms with van der Waals surface area (Å²) in [4.78, 5) is 30.7. The van der Waals surface area contributed by atoms with Gasteiger partial charge in [-0.05, 0) is 43.9 Å². The number of hydrogen-bond donors (Lipinski definition) is 3. The van der Waals surface area contributed by atoms with E-state index < -0.39 is 0 Å². The third-order valence-electron chi connectivity index (χ3n) is 5.87. The molecule has 2 aromatic rings. The number of fused-ring (bicyclic) bond motifs is 1. The second-order valence-electron chi connectivity index (χ2n) is 8.31. The van der Waals surface area contributed by atoms with Gasteiger partial charge in [-0.25, -0.2) is 4.79 Å². The van der Waals surface area contributed by atoms with Gasteiger partial charge >= 0.3 is 5.69 Å². The molecule has 2 heterocycles. The molecule has 0 radical (unpaired) electrons. The summed E-state index contributed by atoms with van der Waals surface area (Å²) in [6.45, 7) is 1.45. The predicted molar refractivity (Wildman–Crippen MR) is 105 cm³/mol. The Kier molecular flexibility index (Phi) is 5.29. The lowest BCUT2D eigenvalue weighted by Crippen LogP contribution is -2.41. The number of aliphatic hydroxyl groups excluding tert-OH is 2. The summed E-state index contributed by atoms with van der Waals surface area (Å²) in [6.07, 6.45) is 4.94. The van der Waals surface area contributed by atoms with E-state index in [-0.39, 0.29) is 30.4 Å². The van der Waals surface area contributed by atoms with Crippen LogP contribution in [0.1, 0.15) is 32.1 Å². The first-order valence-corrected chi connectivity index (χ1v) is 10.2. The van der Waals surface area contributed by atoms with Crippen LogP contribution in [0.25, 0.3) is 11.2 Å². The Balaban J connectivity index is 1.70. The molecule has 0 saturated heterocycles. The number of nitrogens with zero attached hydrogens (tertiary/aromatic N) is 4. The molecule has 0 aliphatic heterocycles. The summed E-state index contributed by atoms with van der Waals surface area (Å²) >= 11 is 0. The smallest absolute Gasteiger partial charge is 0.332 e. The van der Waals surface area contributed by atoms with Crippen LogP contribution < -0.4 is 16.6 Å². The quantitative estimate of drug-likeness (QED) is 0.530. The van der Waals surface area contributed by atoms with E-state index in [4.69, 9.17) is 0 Å². The van der Waals surface area contributed by atoms with E-state index >= 15 is 0 Å². The van der Waals surface area contributed by atoms with E-state index in [1.807, 2.05) is 0 Å². The number of anilines is 1. The van der Waals surface area contributed by atoms with Crippen LogP contribution in [0.5, 0.6) is 0 Å². The van der Waals surface area contributed by atoms with Crippen molar-refractivity contribution in [3.63, 3.8) is 0 Å². The molecule has 0 atom stereocenters. The Morgan fingerprint density at radius 2 is 1.68 bits per heavy atom. The molecule has 0 spiro atoms. The van der Waals surface area contributed by atoms with Crippen LogP contribution in [0.3, 0.4) is 0 Å². The standard InChI is InChI=1S/C19H29N5O4/c1-22-15-16(21-18(22)20-7-6-14(10-25)11-26)23(8-12-2-3-12)19(28)24(17(15)27)9-13-4-5-13/h12-14,25-26H,2-11H2,1H3,(H,20,21). The first-order valence-electron chi connectivity index (χ1n) is 10.2. The van der Waals surface area contributed by atoms with Crippen molar-refractivity contribution in [2.24, 2.45) is 24.8 Å². The summed E-state index contributed by atoms with van der Waals surface area (Å²) in [5.41, 5.74) is 0.372. The van der Waals surface area contributed by atoms with Crippen molar-refractivity contribution in [1.82, 2.24) is 18.7 Å². The van der Waals surface area contributed by atoms with Gasteiger partial charge in [-0.15, -0.1) is 0 Å². The van der Waals surface area contributed by atoms with Crippen molar-refractivity contribution in [3.05, 3.63) is 20.8 Å². The molecule has 0 aromatic carbocycles. The van der Waals surface area contributed by atoms with Gasteiger partial charge in [0.2, 0.25) is 5.95 Å². The zero-order chi connectivity index (χ0) is 19.8. The highest BCUT2D eigenvalue weighted by Crippen LogP contribution is 2.32. The highest BCUT2D eigenvalue weighted by atomic mass is 16.3. The van der Waals surface area contributed by atoms with Gasteiger partial charge in [-0.2, -0.15) is 4.98 Å². The number of aryl methyl sites for hydroxylation is 1. The van der Waals surface area contributed by atoms with Crippen molar-refractivity contribution in [2.45, 2.75) is 45.2 Å². The molecule has 0 bridgehead atoms. The SMILES string of the molecule is Cn1c(NCCC(CO)CO)nc2c1c(=O)n(CC1CC1)c(=O)n2CC1CC1. The average Bonchev–Trinajstić information content (AvgIpc) is 3.60. The lowest BCUT2D eigenvalue weighted by Gasteiger charge is -2.11. The van der Waals surface area contributed by atoms with E-state index in [0.717, 1.165) is 25.7 Å². The third kappa shape index (κ3) is 3.73. The zero-order valence-electron chi connectivity index (χ0n) is 16.3. The van der Waals surface area contributed by atoms with Crippen LogP contribution in [-0.2, 0) is 20.1 Å². The normalized spacial score (nSPS) is 17.0. The van der Waals surface area contributed by atoms with Crippen LogP contribution in [0.15, 0.2) is 9.59 Å². The Labute approximate surface area is 162 Å². The fourth-order valence-corrected chi connectivity index (χ4v) is 3.59. The van der Waals surface area contributed by atoms with Gasteiger partial charge < -0.3 is 20.1 Å². The number of nitrogens with one attached hydrogen (secondary N) is 1. The molecule has 28 heavy (non-hydrogen) atoms. The number of hydrogen-bond acceptors (Lipinski definition) is 6. The maximum absolute atomic E-state index is 13.1. The molecule has 2 saturated carbocycles. The van der Waals surface area contributed by atoms with Crippen molar-refractivity contribution in [2.75, 3.05) is 25.1 Å². The molecule has 4 rings (SSSR count). The van der Waals surface area contributed by atoms with Gasteiger partial charge in [-0.3, -0.25) is 13.9 Å². The molecule has 9 heteroatoms. The van der Waals surface area contributed by atoms with Gasteiger partial charge in [0.05, 0.1) is 0 Å². The van der Waals surface area contributed by atoms with Gasteiger partial charge in [0.25, 0.3) is 5.56 Å². The lowest BCUT2D eigenvalue weighted by molar-refractivity contribution is 0.146. The van der Waals surface area contributed by atoms with Crippen molar-refractivity contribution < 1.29 is 10.2 Å². The van der Waals surface area contributed by atoms with Gasteiger partial charge in [0, 0.05) is 45.8 Å². The van der Waals surface area contributed by atoms with Crippen LogP contribution >= 0.6 is 0 Å². The molecular weight excluding hydrogens is 362 g/mol. The van der Waals surface area contributed by atoms with Crippen LogP contribution in [0.4, 0.5) is 5.95 Å². The molecule has 9 nitrogen and oxygen atoms in total. The van der Waals surface area contributed by atoms with E-state index in [2.05, 4.69) is 10.3 Å². The summed E-state index contributed by atoms with van der Waals surface area (Å²) in [7, 11) is 1.78. The first kappa shape index (κ1) is 19.2. The fourth-order valence-electron chi connectivity index (χ4n) is 3.59. The van der Waals surface area contributed by atoms with Gasteiger partial charge in [0.1, 0.15) is 0 Å². The van der Waals surface area contributed by atoms with Crippen molar-refractivity contribution in [3.8, 4) is 0 Å². The van der Waals surface area contributed by atoms with E-state index in [0.29, 0.717) is 55.0 Å². The Hall–Kier alpha value is -2.13. The minimum absolute atomic E-state index is 0.0759. The molecule has 2 aliphatic rings. The van der Waals surface area contributed by atoms with Crippen molar-refractivity contribution in [1.29, 1.82) is 0 Å². The summed E-state index contributed by atoms with van der Waals surface area (Å²) in [5.74, 6) is 1.25. The maximum atomic E-state index is 13.1. The fraction of sp³-hybridized carbons (Fsp3) is 0.737.